The van der Waals surface area contributed by atoms with E-state index in [0.29, 0.717) is 5.47 Å². The Hall–Kier alpha value is -0.655. The highest BCUT2D eigenvalue weighted by molar-refractivity contribution is 6.24. The van der Waals surface area contributed by atoms with Gasteiger partial charge in [-0.25, -0.2) is 0 Å². The lowest BCUT2D eigenvalue weighted by Gasteiger charge is -2.04. The fourth-order valence-electron chi connectivity index (χ4n) is 0.681. The van der Waals surface area contributed by atoms with Crippen LogP contribution in [0.5, 0.6) is 0 Å². The van der Waals surface area contributed by atoms with Crippen LogP contribution in [0.4, 0.5) is 0 Å². The smallest absolute Gasteiger partial charge is 0.118 e. The maximum atomic E-state index is 8.85. The zero-order valence-electron chi connectivity index (χ0n) is 4.59. The highest BCUT2D eigenvalue weighted by atomic mass is 16.3. The molecule has 1 rings (SSSR count). The maximum Gasteiger partial charge on any atom is 0.118 e. The first-order chi connectivity index (χ1) is 3.80. The van der Waals surface area contributed by atoms with Gasteiger partial charge in [0.15, 0.2) is 0 Å². The fourth-order valence-corrected chi connectivity index (χ4v) is 0.681. The highest BCUT2D eigenvalue weighted by Crippen LogP contribution is 2.11. The second-order valence-electron chi connectivity index (χ2n) is 1.83. The molecule has 0 saturated heterocycles. The summed E-state index contributed by atoms with van der Waals surface area (Å²) in [6.45, 7) is 0. The van der Waals surface area contributed by atoms with Crippen LogP contribution in [0.2, 0.25) is 0 Å². The fraction of sp³-hybridized carbons (Fsp3) is 0.333. The molecule has 0 fully saturated rings. The minimum absolute atomic E-state index is 0.233. The van der Waals surface area contributed by atoms with Gasteiger partial charge < -0.3 is 5.11 Å². The van der Waals surface area contributed by atoms with E-state index in [1.54, 1.807) is 6.08 Å². The molecule has 1 aliphatic rings. The summed E-state index contributed by atoms with van der Waals surface area (Å²) in [5, 5.41) is 8.85. The number of rotatable bonds is 0. The van der Waals surface area contributed by atoms with Gasteiger partial charge in [-0.1, -0.05) is 11.5 Å². The summed E-state index contributed by atoms with van der Waals surface area (Å²) < 4.78 is 0. The molecule has 0 aliphatic heterocycles. The summed E-state index contributed by atoms with van der Waals surface area (Å²) in [4.78, 5) is 0. The van der Waals surface area contributed by atoms with Gasteiger partial charge in [0.2, 0.25) is 0 Å². The van der Waals surface area contributed by atoms with E-state index in [0.717, 1.165) is 12.8 Å². The number of hydrogen-bond acceptors (Lipinski definition) is 1. The SMILES string of the molecule is [B]C1=CCCC=C1O. The van der Waals surface area contributed by atoms with Crippen LogP contribution in [0, 0.1) is 0 Å². The molecule has 0 atom stereocenters. The van der Waals surface area contributed by atoms with Crippen LogP contribution in [0.15, 0.2) is 23.4 Å². The molecule has 2 heteroatoms. The molecule has 1 nitrogen and oxygen atoms in total. The molecule has 0 aromatic carbocycles. The lowest BCUT2D eigenvalue weighted by Crippen LogP contribution is -1.92. The molecule has 0 heterocycles. The van der Waals surface area contributed by atoms with Crippen molar-refractivity contribution in [3.8, 4) is 0 Å². The molecule has 0 spiro atoms. The Morgan fingerprint density at radius 2 is 2.00 bits per heavy atom. The first-order valence-electron chi connectivity index (χ1n) is 2.66. The molecule has 0 aromatic heterocycles. The predicted octanol–water partition coefficient (Wildman–Crippen LogP) is 1.27. The van der Waals surface area contributed by atoms with Gasteiger partial charge in [0.25, 0.3) is 0 Å². The zero-order chi connectivity index (χ0) is 5.98. The van der Waals surface area contributed by atoms with Crippen molar-refractivity contribution in [3.05, 3.63) is 23.4 Å². The minimum atomic E-state index is 0.233. The van der Waals surface area contributed by atoms with E-state index in [1.165, 1.54) is 0 Å². The van der Waals surface area contributed by atoms with Gasteiger partial charge in [-0.3, -0.25) is 0 Å². The van der Waals surface area contributed by atoms with E-state index in [9.17, 15) is 0 Å². The van der Waals surface area contributed by atoms with Crippen molar-refractivity contribution >= 4 is 7.85 Å². The monoisotopic (exact) mass is 106 g/mol. The normalized spacial score (nSPS) is 19.5. The van der Waals surface area contributed by atoms with Gasteiger partial charge in [0.05, 0.1) is 0 Å². The van der Waals surface area contributed by atoms with Crippen molar-refractivity contribution < 1.29 is 5.11 Å². The summed E-state index contributed by atoms with van der Waals surface area (Å²) >= 11 is 0. The molecule has 2 radical (unpaired) electrons. The van der Waals surface area contributed by atoms with Gasteiger partial charge in [-0.15, -0.1) is 0 Å². The van der Waals surface area contributed by atoms with E-state index in [4.69, 9.17) is 13.0 Å². The molecule has 0 amide bonds. The molecule has 1 aliphatic carbocycles. The highest BCUT2D eigenvalue weighted by Gasteiger charge is 1.98. The largest absolute Gasteiger partial charge is 0.509 e. The third-order valence-corrected chi connectivity index (χ3v) is 1.16. The number of aliphatic hydroxyl groups excluding tert-OH is 1. The second-order valence-corrected chi connectivity index (χ2v) is 1.83. The summed E-state index contributed by atoms with van der Waals surface area (Å²) in [5.41, 5.74) is 0.510. The Kier molecular flexibility index (Phi) is 1.42. The first-order valence-corrected chi connectivity index (χ1v) is 2.66. The summed E-state index contributed by atoms with van der Waals surface area (Å²) in [5.74, 6) is 0.233. The number of allylic oxidation sites excluding steroid dienone is 3. The van der Waals surface area contributed by atoms with E-state index in [1.807, 2.05) is 6.08 Å². The third-order valence-electron chi connectivity index (χ3n) is 1.16. The van der Waals surface area contributed by atoms with Gasteiger partial charge in [-0.05, 0) is 18.9 Å². The van der Waals surface area contributed by atoms with Crippen molar-refractivity contribution in [1.29, 1.82) is 0 Å². The molecule has 1 N–H and O–H groups in total. The van der Waals surface area contributed by atoms with Crippen LogP contribution >= 0.6 is 0 Å². The zero-order valence-corrected chi connectivity index (χ0v) is 4.59. The van der Waals surface area contributed by atoms with Crippen LogP contribution in [-0.2, 0) is 0 Å². The molecule has 0 aromatic rings. The van der Waals surface area contributed by atoms with Gasteiger partial charge in [-0.2, -0.15) is 0 Å². The summed E-state index contributed by atoms with van der Waals surface area (Å²) in [6, 6.07) is 0. The minimum Gasteiger partial charge on any atom is -0.509 e. The standard InChI is InChI=1S/C6H7BO/c7-5-3-1-2-4-6(5)8/h3-4,8H,1-2H2. The van der Waals surface area contributed by atoms with Crippen molar-refractivity contribution in [2.75, 3.05) is 0 Å². The van der Waals surface area contributed by atoms with Gasteiger partial charge >= 0.3 is 0 Å². The van der Waals surface area contributed by atoms with E-state index >= 15 is 0 Å². The quantitative estimate of drug-likeness (QED) is 0.461. The summed E-state index contributed by atoms with van der Waals surface area (Å²) in [7, 11) is 5.32. The van der Waals surface area contributed by atoms with Crippen LogP contribution in [0.3, 0.4) is 0 Å². The van der Waals surface area contributed by atoms with Crippen molar-refractivity contribution in [3.63, 3.8) is 0 Å². The molecule has 0 bridgehead atoms. The molecule has 8 heavy (non-hydrogen) atoms. The third kappa shape index (κ3) is 0.943. The van der Waals surface area contributed by atoms with Crippen molar-refractivity contribution in [2.24, 2.45) is 0 Å². The number of hydrogen-bond donors (Lipinski definition) is 1. The molecular formula is C6H7BO. The Balaban J connectivity index is 2.73. The summed E-state index contributed by atoms with van der Waals surface area (Å²) in [6.07, 6.45) is 5.42. The van der Waals surface area contributed by atoms with E-state index in [-0.39, 0.29) is 5.76 Å². The van der Waals surface area contributed by atoms with Crippen LogP contribution in [0.1, 0.15) is 12.8 Å². The van der Waals surface area contributed by atoms with E-state index < -0.39 is 0 Å². The van der Waals surface area contributed by atoms with E-state index in [2.05, 4.69) is 0 Å². The van der Waals surface area contributed by atoms with Gasteiger partial charge in [0.1, 0.15) is 13.6 Å². The molecule has 0 saturated carbocycles. The first kappa shape index (κ1) is 5.48. The predicted molar refractivity (Wildman–Crippen MR) is 33.8 cm³/mol. The Bertz CT molecular complexity index is 129. The van der Waals surface area contributed by atoms with Crippen LogP contribution < -0.4 is 0 Å². The number of aliphatic hydroxyl groups is 1. The Morgan fingerprint density at radius 1 is 1.38 bits per heavy atom. The molecular weight excluding hydrogens is 98.9 g/mol. The molecule has 0 unspecified atom stereocenters. The maximum absolute atomic E-state index is 8.85. The van der Waals surface area contributed by atoms with Crippen molar-refractivity contribution in [1.82, 2.24) is 0 Å². The Morgan fingerprint density at radius 3 is 2.38 bits per heavy atom. The van der Waals surface area contributed by atoms with Crippen LogP contribution in [-0.4, -0.2) is 13.0 Å². The topological polar surface area (TPSA) is 20.2 Å². The van der Waals surface area contributed by atoms with Crippen molar-refractivity contribution in [2.45, 2.75) is 12.8 Å². The average Bonchev–Trinajstić information content (AvgIpc) is 1.77. The molecule has 40 valence electrons. The second kappa shape index (κ2) is 2.08. The lowest BCUT2D eigenvalue weighted by atomic mass is 9.89. The average molecular weight is 106 g/mol. The Labute approximate surface area is 50.1 Å². The lowest BCUT2D eigenvalue weighted by molar-refractivity contribution is 0.423. The van der Waals surface area contributed by atoms with Crippen LogP contribution in [0.25, 0.3) is 0 Å². The van der Waals surface area contributed by atoms with Gasteiger partial charge in [0, 0.05) is 0 Å².